The van der Waals surface area contributed by atoms with Crippen molar-refractivity contribution in [2.24, 2.45) is 0 Å². The molecule has 2 heterocycles. The molecule has 5 nitrogen and oxygen atoms in total. The molecule has 0 bridgehead atoms. The van der Waals surface area contributed by atoms with Gasteiger partial charge in [0.15, 0.2) is 0 Å². The van der Waals surface area contributed by atoms with Crippen LogP contribution in [-0.2, 0) is 4.79 Å². The van der Waals surface area contributed by atoms with Crippen LogP contribution in [-0.4, -0.2) is 49.4 Å². The number of rotatable bonds is 3. The van der Waals surface area contributed by atoms with E-state index >= 15 is 0 Å². The molecule has 0 spiro atoms. The average Bonchev–Trinajstić information content (AvgIpc) is 3.13. The summed E-state index contributed by atoms with van der Waals surface area (Å²) < 4.78 is 0. The van der Waals surface area contributed by atoms with Gasteiger partial charge in [-0.3, -0.25) is 9.59 Å². The van der Waals surface area contributed by atoms with Gasteiger partial charge in [0.25, 0.3) is 5.91 Å². The van der Waals surface area contributed by atoms with Crippen molar-refractivity contribution in [3.8, 4) is 0 Å². The van der Waals surface area contributed by atoms with Gasteiger partial charge in [0.05, 0.1) is 0 Å². The van der Waals surface area contributed by atoms with Crippen LogP contribution in [0.1, 0.15) is 28.8 Å². The molecule has 0 atom stereocenters. The first-order chi connectivity index (χ1) is 13.1. The zero-order valence-electron chi connectivity index (χ0n) is 15.7. The fourth-order valence-electron chi connectivity index (χ4n) is 3.90. The summed E-state index contributed by atoms with van der Waals surface area (Å²) in [6.07, 6.45) is 1.48. The Morgan fingerprint density at radius 1 is 0.889 bits per heavy atom. The van der Waals surface area contributed by atoms with Crippen LogP contribution in [0.25, 0.3) is 0 Å². The van der Waals surface area contributed by atoms with E-state index in [4.69, 9.17) is 0 Å². The fourth-order valence-corrected chi connectivity index (χ4v) is 3.90. The summed E-state index contributed by atoms with van der Waals surface area (Å²) in [7, 11) is 0. The SMILES string of the molecule is Cc1cccc(N2CCN(C(=O)c3cccc(N4CCCC4=O)c3)CC2)c1. The summed E-state index contributed by atoms with van der Waals surface area (Å²) in [5, 5.41) is 0. The predicted molar refractivity (Wildman–Crippen MR) is 107 cm³/mol. The summed E-state index contributed by atoms with van der Waals surface area (Å²) in [4.78, 5) is 31.0. The van der Waals surface area contributed by atoms with E-state index in [9.17, 15) is 9.59 Å². The Morgan fingerprint density at radius 3 is 2.33 bits per heavy atom. The lowest BCUT2D eigenvalue weighted by Gasteiger charge is -2.36. The lowest BCUT2D eigenvalue weighted by atomic mass is 10.1. The van der Waals surface area contributed by atoms with E-state index in [1.54, 1.807) is 4.90 Å². The third-order valence-corrected chi connectivity index (χ3v) is 5.41. The third-order valence-electron chi connectivity index (χ3n) is 5.41. The molecule has 0 saturated carbocycles. The second-order valence-electron chi connectivity index (χ2n) is 7.32. The van der Waals surface area contributed by atoms with Gasteiger partial charge in [0.1, 0.15) is 0 Å². The van der Waals surface area contributed by atoms with Crippen LogP contribution in [0.15, 0.2) is 48.5 Å². The Hall–Kier alpha value is -2.82. The van der Waals surface area contributed by atoms with Gasteiger partial charge in [0, 0.05) is 56.1 Å². The molecule has 140 valence electrons. The molecule has 0 radical (unpaired) electrons. The number of amides is 2. The highest BCUT2D eigenvalue weighted by Gasteiger charge is 2.25. The molecule has 2 amide bonds. The van der Waals surface area contributed by atoms with Crippen LogP contribution in [0.2, 0.25) is 0 Å². The van der Waals surface area contributed by atoms with E-state index in [1.807, 2.05) is 29.2 Å². The van der Waals surface area contributed by atoms with Gasteiger partial charge < -0.3 is 14.7 Å². The van der Waals surface area contributed by atoms with Crippen molar-refractivity contribution in [3.05, 3.63) is 59.7 Å². The average molecular weight is 363 g/mol. The Balaban J connectivity index is 1.43. The number of anilines is 2. The van der Waals surface area contributed by atoms with Gasteiger partial charge in [-0.1, -0.05) is 18.2 Å². The van der Waals surface area contributed by atoms with Crippen LogP contribution >= 0.6 is 0 Å². The molecular weight excluding hydrogens is 338 g/mol. The first kappa shape index (κ1) is 17.6. The van der Waals surface area contributed by atoms with Crippen LogP contribution in [0.3, 0.4) is 0 Å². The molecule has 4 rings (SSSR count). The largest absolute Gasteiger partial charge is 0.368 e. The zero-order chi connectivity index (χ0) is 18.8. The van der Waals surface area contributed by atoms with Gasteiger partial charge in [0.2, 0.25) is 5.91 Å². The highest BCUT2D eigenvalue weighted by molar-refractivity contribution is 5.99. The molecule has 2 saturated heterocycles. The predicted octanol–water partition coefficient (Wildman–Crippen LogP) is 3.08. The molecule has 5 heteroatoms. The van der Waals surface area contributed by atoms with Crippen LogP contribution < -0.4 is 9.80 Å². The maximum absolute atomic E-state index is 12.9. The Labute approximate surface area is 160 Å². The van der Waals surface area contributed by atoms with Gasteiger partial charge in [-0.25, -0.2) is 0 Å². The van der Waals surface area contributed by atoms with E-state index in [-0.39, 0.29) is 11.8 Å². The van der Waals surface area contributed by atoms with Gasteiger partial charge in [-0.15, -0.1) is 0 Å². The standard InChI is InChI=1S/C22H25N3O2/c1-17-5-2-7-19(15-17)23-11-13-24(14-12-23)22(27)18-6-3-8-20(16-18)25-10-4-9-21(25)26/h2-3,5-8,15-16H,4,9-14H2,1H3. The lowest BCUT2D eigenvalue weighted by molar-refractivity contribution is -0.117. The van der Waals surface area contributed by atoms with E-state index in [0.717, 1.165) is 31.7 Å². The molecule has 0 aromatic heterocycles. The molecule has 2 aliphatic heterocycles. The summed E-state index contributed by atoms with van der Waals surface area (Å²) in [5.74, 6) is 0.193. The van der Waals surface area contributed by atoms with E-state index in [1.165, 1.54) is 11.3 Å². The molecule has 0 aliphatic carbocycles. The van der Waals surface area contributed by atoms with E-state index in [0.29, 0.717) is 25.1 Å². The summed E-state index contributed by atoms with van der Waals surface area (Å²) >= 11 is 0. The zero-order valence-corrected chi connectivity index (χ0v) is 15.7. The Bertz CT molecular complexity index is 856. The minimum Gasteiger partial charge on any atom is -0.368 e. The monoisotopic (exact) mass is 363 g/mol. The number of benzene rings is 2. The minimum atomic E-state index is 0.0485. The smallest absolute Gasteiger partial charge is 0.254 e. The number of hydrogen-bond donors (Lipinski definition) is 0. The number of nitrogens with zero attached hydrogens (tertiary/aromatic N) is 3. The Morgan fingerprint density at radius 2 is 1.63 bits per heavy atom. The van der Waals surface area contributed by atoms with Gasteiger partial charge in [-0.2, -0.15) is 0 Å². The maximum Gasteiger partial charge on any atom is 0.254 e. The number of piperazine rings is 1. The highest BCUT2D eigenvalue weighted by Crippen LogP contribution is 2.24. The number of aryl methyl sites for hydroxylation is 1. The first-order valence-corrected chi connectivity index (χ1v) is 9.63. The van der Waals surface area contributed by atoms with Crippen LogP contribution in [0.4, 0.5) is 11.4 Å². The quantitative estimate of drug-likeness (QED) is 0.842. The van der Waals surface area contributed by atoms with Crippen LogP contribution in [0.5, 0.6) is 0 Å². The Kier molecular flexibility index (Phi) is 4.84. The second kappa shape index (κ2) is 7.43. The third kappa shape index (κ3) is 3.68. The minimum absolute atomic E-state index is 0.0485. The van der Waals surface area contributed by atoms with Crippen molar-refractivity contribution >= 4 is 23.2 Å². The summed E-state index contributed by atoms with van der Waals surface area (Å²) in [6.45, 7) is 5.92. The topological polar surface area (TPSA) is 43.9 Å². The van der Waals surface area contributed by atoms with Crippen molar-refractivity contribution in [2.75, 3.05) is 42.5 Å². The fraction of sp³-hybridized carbons (Fsp3) is 0.364. The molecule has 0 unspecified atom stereocenters. The van der Waals surface area contributed by atoms with Crippen molar-refractivity contribution in [1.82, 2.24) is 4.90 Å². The molecule has 2 aromatic rings. The van der Waals surface area contributed by atoms with Crippen molar-refractivity contribution in [3.63, 3.8) is 0 Å². The van der Waals surface area contributed by atoms with E-state index < -0.39 is 0 Å². The van der Waals surface area contributed by atoms with Crippen molar-refractivity contribution in [1.29, 1.82) is 0 Å². The summed E-state index contributed by atoms with van der Waals surface area (Å²) in [5.41, 5.74) is 3.97. The molecule has 2 aliphatic rings. The normalized spacial score (nSPS) is 17.5. The number of hydrogen-bond acceptors (Lipinski definition) is 3. The van der Waals surface area contributed by atoms with Crippen molar-refractivity contribution < 1.29 is 9.59 Å². The van der Waals surface area contributed by atoms with Gasteiger partial charge >= 0.3 is 0 Å². The molecule has 0 N–H and O–H groups in total. The number of carbonyl (C=O) groups excluding carboxylic acids is 2. The van der Waals surface area contributed by atoms with E-state index in [2.05, 4.69) is 36.1 Å². The molecule has 2 fully saturated rings. The lowest BCUT2D eigenvalue weighted by Crippen LogP contribution is -2.48. The molecular formula is C22H25N3O2. The first-order valence-electron chi connectivity index (χ1n) is 9.63. The number of carbonyl (C=O) groups is 2. The van der Waals surface area contributed by atoms with Crippen molar-refractivity contribution in [2.45, 2.75) is 19.8 Å². The maximum atomic E-state index is 12.9. The van der Waals surface area contributed by atoms with Gasteiger partial charge in [-0.05, 0) is 49.2 Å². The highest BCUT2D eigenvalue weighted by atomic mass is 16.2. The second-order valence-corrected chi connectivity index (χ2v) is 7.32. The molecule has 27 heavy (non-hydrogen) atoms. The van der Waals surface area contributed by atoms with Crippen LogP contribution in [0, 0.1) is 6.92 Å². The summed E-state index contributed by atoms with van der Waals surface area (Å²) in [6, 6.07) is 16.0. The molecule has 2 aromatic carbocycles.